The lowest BCUT2D eigenvalue weighted by Gasteiger charge is -2.12. The summed E-state index contributed by atoms with van der Waals surface area (Å²) in [5.41, 5.74) is 1.24. The highest BCUT2D eigenvalue weighted by Gasteiger charge is 2.16. The van der Waals surface area contributed by atoms with Gasteiger partial charge in [0.1, 0.15) is 5.82 Å². The summed E-state index contributed by atoms with van der Waals surface area (Å²) in [4.78, 5) is 16.3. The second kappa shape index (κ2) is 7.04. The molecule has 6 heteroatoms. The van der Waals surface area contributed by atoms with Gasteiger partial charge in [0, 0.05) is 10.7 Å². The summed E-state index contributed by atoms with van der Waals surface area (Å²) in [6, 6.07) is 8.32. The molecule has 1 heterocycles. The van der Waals surface area contributed by atoms with Crippen LogP contribution < -0.4 is 5.32 Å². The Kier molecular flexibility index (Phi) is 5.36. The molecule has 21 heavy (non-hydrogen) atoms. The van der Waals surface area contributed by atoms with Gasteiger partial charge in [-0.3, -0.25) is 4.79 Å². The lowest BCUT2D eigenvalue weighted by Crippen LogP contribution is -2.23. The molecule has 0 radical (unpaired) electrons. The van der Waals surface area contributed by atoms with Gasteiger partial charge in [-0.15, -0.1) is 0 Å². The summed E-state index contributed by atoms with van der Waals surface area (Å²) in [5, 5.41) is 2.98. The minimum atomic E-state index is -0.469. The van der Waals surface area contributed by atoms with E-state index in [0.29, 0.717) is 4.47 Å². The lowest BCUT2D eigenvalue weighted by atomic mass is 10.3. The molecular formula is C15H14BrFN2OS. The molecule has 0 aliphatic heterocycles. The largest absolute Gasteiger partial charge is 0.323 e. The fourth-order valence-corrected chi connectivity index (χ4v) is 2.71. The van der Waals surface area contributed by atoms with Crippen LogP contribution in [-0.4, -0.2) is 16.1 Å². The number of pyridine rings is 1. The number of aromatic nitrogens is 1. The van der Waals surface area contributed by atoms with Crippen LogP contribution in [0.25, 0.3) is 0 Å². The van der Waals surface area contributed by atoms with Gasteiger partial charge in [-0.1, -0.05) is 33.8 Å². The van der Waals surface area contributed by atoms with Gasteiger partial charge in [0.25, 0.3) is 0 Å². The molecule has 0 aliphatic carbocycles. The van der Waals surface area contributed by atoms with Gasteiger partial charge in [-0.2, -0.15) is 0 Å². The predicted octanol–water partition coefficient (Wildman–Crippen LogP) is 4.41. The molecule has 0 bridgehead atoms. The van der Waals surface area contributed by atoms with E-state index in [2.05, 4.69) is 26.2 Å². The fourth-order valence-electron chi connectivity index (χ4n) is 1.58. The van der Waals surface area contributed by atoms with Crippen LogP contribution in [0.4, 0.5) is 10.1 Å². The van der Waals surface area contributed by atoms with Crippen molar-refractivity contribution in [1.29, 1.82) is 0 Å². The van der Waals surface area contributed by atoms with Crippen LogP contribution in [0.5, 0.6) is 0 Å². The number of rotatable bonds is 4. The summed E-state index contributed by atoms with van der Waals surface area (Å²) in [6.07, 6.45) is 1.75. The average molecular weight is 369 g/mol. The summed E-state index contributed by atoms with van der Waals surface area (Å²) in [6.45, 7) is 3.71. The van der Waals surface area contributed by atoms with E-state index >= 15 is 0 Å². The topological polar surface area (TPSA) is 42.0 Å². The molecular weight excluding hydrogens is 355 g/mol. The molecule has 1 amide bonds. The van der Waals surface area contributed by atoms with Crippen molar-refractivity contribution in [3.05, 3.63) is 52.4 Å². The van der Waals surface area contributed by atoms with Crippen LogP contribution in [0.2, 0.25) is 0 Å². The Labute approximate surface area is 135 Å². The van der Waals surface area contributed by atoms with Gasteiger partial charge in [0.05, 0.1) is 16.0 Å². The molecule has 1 N–H and O–H groups in total. The van der Waals surface area contributed by atoms with Crippen molar-refractivity contribution in [3.8, 4) is 0 Å². The maximum atomic E-state index is 13.7. The quantitative estimate of drug-likeness (QED) is 0.812. The molecule has 110 valence electrons. The van der Waals surface area contributed by atoms with Crippen molar-refractivity contribution in [1.82, 2.24) is 4.98 Å². The van der Waals surface area contributed by atoms with E-state index in [1.807, 2.05) is 19.1 Å². The first-order valence-electron chi connectivity index (χ1n) is 6.31. The van der Waals surface area contributed by atoms with Crippen molar-refractivity contribution >= 4 is 39.3 Å². The number of carbonyl (C=O) groups excluding carboxylic acids is 1. The van der Waals surface area contributed by atoms with E-state index in [-0.39, 0.29) is 16.8 Å². The second-order valence-electron chi connectivity index (χ2n) is 4.55. The van der Waals surface area contributed by atoms with Crippen LogP contribution >= 0.6 is 27.7 Å². The number of halogens is 2. The summed E-state index contributed by atoms with van der Waals surface area (Å²) in [7, 11) is 0. The summed E-state index contributed by atoms with van der Waals surface area (Å²) in [5.74, 6) is -0.730. The van der Waals surface area contributed by atoms with Crippen LogP contribution in [0, 0.1) is 12.7 Å². The van der Waals surface area contributed by atoms with Crippen molar-refractivity contribution in [3.63, 3.8) is 0 Å². The first-order valence-corrected chi connectivity index (χ1v) is 7.98. The van der Waals surface area contributed by atoms with Gasteiger partial charge in [0.15, 0.2) is 0 Å². The minimum Gasteiger partial charge on any atom is -0.323 e. The van der Waals surface area contributed by atoms with Crippen molar-refractivity contribution in [2.24, 2.45) is 0 Å². The number of hydrogen-bond donors (Lipinski definition) is 1. The Morgan fingerprint density at radius 1 is 1.38 bits per heavy atom. The fraction of sp³-hybridized carbons (Fsp3) is 0.200. The molecule has 0 saturated carbocycles. The van der Waals surface area contributed by atoms with Crippen molar-refractivity contribution < 1.29 is 9.18 Å². The molecule has 1 atom stereocenters. The van der Waals surface area contributed by atoms with Gasteiger partial charge < -0.3 is 5.32 Å². The number of hydrogen-bond acceptors (Lipinski definition) is 3. The zero-order valence-electron chi connectivity index (χ0n) is 11.6. The first-order chi connectivity index (χ1) is 9.95. The predicted molar refractivity (Wildman–Crippen MR) is 87.0 cm³/mol. The van der Waals surface area contributed by atoms with Crippen LogP contribution in [-0.2, 0) is 4.79 Å². The number of thioether (sulfide) groups is 1. The Hall–Kier alpha value is -1.40. The van der Waals surface area contributed by atoms with E-state index in [4.69, 9.17) is 0 Å². The standard InChI is InChI=1S/C15H14BrFN2OS/c1-9-3-6-14(18-8-9)21-10(2)15(20)19-13-5-4-11(16)7-12(13)17/h3-8,10H,1-2H3,(H,19,20). The van der Waals surface area contributed by atoms with Crippen LogP contribution in [0.3, 0.4) is 0 Å². The Morgan fingerprint density at radius 3 is 2.76 bits per heavy atom. The van der Waals surface area contributed by atoms with E-state index in [0.717, 1.165) is 10.6 Å². The maximum absolute atomic E-state index is 13.7. The molecule has 3 nitrogen and oxygen atoms in total. The number of anilines is 1. The number of carbonyl (C=O) groups is 1. The normalized spacial score (nSPS) is 12.0. The average Bonchev–Trinajstić information content (AvgIpc) is 2.44. The first kappa shape index (κ1) is 16.0. The number of nitrogens with one attached hydrogen (secondary N) is 1. The third-order valence-corrected chi connectivity index (χ3v) is 4.28. The highest BCUT2D eigenvalue weighted by atomic mass is 79.9. The van der Waals surface area contributed by atoms with E-state index < -0.39 is 5.82 Å². The Morgan fingerprint density at radius 2 is 2.14 bits per heavy atom. The highest BCUT2D eigenvalue weighted by molar-refractivity contribution is 9.10. The lowest BCUT2D eigenvalue weighted by molar-refractivity contribution is -0.115. The number of aryl methyl sites for hydroxylation is 1. The molecule has 0 fully saturated rings. The molecule has 0 spiro atoms. The molecule has 0 saturated heterocycles. The molecule has 1 aromatic heterocycles. The third-order valence-electron chi connectivity index (χ3n) is 2.74. The van der Waals surface area contributed by atoms with E-state index in [9.17, 15) is 9.18 Å². The Balaban J connectivity index is 2.00. The molecule has 2 aromatic rings. The SMILES string of the molecule is Cc1ccc(SC(C)C(=O)Nc2ccc(Br)cc2F)nc1. The number of benzene rings is 1. The van der Waals surface area contributed by atoms with Gasteiger partial charge in [-0.25, -0.2) is 9.37 Å². The van der Waals surface area contributed by atoms with Crippen LogP contribution in [0.15, 0.2) is 46.0 Å². The molecule has 0 aliphatic rings. The van der Waals surface area contributed by atoms with Gasteiger partial charge in [0.2, 0.25) is 5.91 Å². The monoisotopic (exact) mass is 368 g/mol. The van der Waals surface area contributed by atoms with Crippen molar-refractivity contribution in [2.45, 2.75) is 24.1 Å². The second-order valence-corrected chi connectivity index (χ2v) is 6.82. The third kappa shape index (κ3) is 4.54. The highest BCUT2D eigenvalue weighted by Crippen LogP contribution is 2.24. The smallest absolute Gasteiger partial charge is 0.237 e. The zero-order chi connectivity index (χ0) is 15.4. The van der Waals surface area contributed by atoms with Crippen LogP contribution in [0.1, 0.15) is 12.5 Å². The maximum Gasteiger partial charge on any atom is 0.237 e. The number of amides is 1. The molecule has 1 aromatic carbocycles. The summed E-state index contributed by atoms with van der Waals surface area (Å²) >= 11 is 4.51. The minimum absolute atomic E-state index is 0.174. The van der Waals surface area contributed by atoms with Gasteiger partial charge >= 0.3 is 0 Å². The van der Waals surface area contributed by atoms with E-state index in [1.165, 1.54) is 23.9 Å². The molecule has 1 unspecified atom stereocenters. The van der Waals surface area contributed by atoms with Gasteiger partial charge in [-0.05, 0) is 43.7 Å². The Bertz CT molecular complexity index is 649. The number of nitrogens with zero attached hydrogens (tertiary/aromatic N) is 1. The summed E-state index contributed by atoms with van der Waals surface area (Å²) < 4.78 is 14.3. The van der Waals surface area contributed by atoms with Crippen molar-refractivity contribution in [2.75, 3.05) is 5.32 Å². The molecule has 2 rings (SSSR count). The zero-order valence-corrected chi connectivity index (χ0v) is 14.0. The van der Waals surface area contributed by atoms with E-state index in [1.54, 1.807) is 19.2 Å².